The fraction of sp³-hybridized carbons (Fsp3) is 0.526. The van der Waals surface area contributed by atoms with Gasteiger partial charge in [-0.05, 0) is 38.0 Å². The maximum atomic E-state index is 11.5. The summed E-state index contributed by atoms with van der Waals surface area (Å²) in [6.45, 7) is 4.34. The highest BCUT2D eigenvalue weighted by Crippen LogP contribution is 2.27. The summed E-state index contributed by atoms with van der Waals surface area (Å²) in [5.41, 5.74) is 0.783. The van der Waals surface area contributed by atoms with Crippen LogP contribution in [0.4, 0.5) is 0 Å². The summed E-state index contributed by atoms with van der Waals surface area (Å²) in [6, 6.07) is 5.50. The van der Waals surface area contributed by atoms with Crippen molar-refractivity contribution in [3.63, 3.8) is 0 Å². The third-order valence-corrected chi connectivity index (χ3v) is 3.68. The van der Waals surface area contributed by atoms with Crippen molar-refractivity contribution in [3.05, 3.63) is 29.8 Å². The van der Waals surface area contributed by atoms with E-state index in [1.54, 1.807) is 20.1 Å². The predicted octanol–water partition coefficient (Wildman–Crippen LogP) is 2.85. The summed E-state index contributed by atoms with van der Waals surface area (Å²) in [7, 11) is 1.63. The quantitative estimate of drug-likeness (QED) is 0.367. The molecule has 1 aromatic rings. The first-order valence-corrected chi connectivity index (χ1v) is 8.58. The molecule has 1 aliphatic rings. The van der Waals surface area contributed by atoms with Crippen LogP contribution in [-0.4, -0.2) is 52.2 Å². The van der Waals surface area contributed by atoms with Gasteiger partial charge in [0.15, 0.2) is 0 Å². The van der Waals surface area contributed by atoms with E-state index in [2.05, 4.69) is 0 Å². The summed E-state index contributed by atoms with van der Waals surface area (Å²) >= 11 is 0. The van der Waals surface area contributed by atoms with Crippen LogP contribution in [0.1, 0.15) is 25.3 Å². The Bertz CT molecular complexity index is 563. The van der Waals surface area contributed by atoms with E-state index >= 15 is 0 Å². The Kier molecular flexibility index (Phi) is 8.28. The average Bonchev–Trinajstić information content (AvgIpc) is 3.13. The van der Waals surface area contributed by atoms with Gasteiger partial charge in [0.25, 0.3) is 0 Å². The van der Waals surface area contributed by atoms with E-state index in [-0.39, 0.29) is 12.1 Å². The van der Waals surface area contributed by atoms with Gasteiger partial charge in [0.05, 0.1) is 19.3 Å². The second kappa shape index (κ2) is 10.7. The molecule has 1 aliphatic heterocycles. The van der Waals surface area contributed by atoms with Gasteiger partial charge >= 0.3 is 5.97 Å². The molecule has 6 nitrogen and oxygen atoms in total. The zero-order valence-electron chi connectivity index (χ0n) is 14.9. The molecular weight excluding hydrogens is 324 g/mol. The topological polar surface area (TPSA) is 63.2 Å². The normalized spacial score (nSPS) is 17.0. The summed E-state index contributed by atoms with van der Waals surface area (Å²) in [5, 5.41) is 0. The Morgan fingerprint density at radius 1 is 1.32 bits per heavy atom. The number of ether oxygens (including phenoxy) is 5. The van der Waals surface area contributed by atoms with Crippen molar-refractivity contribution in [2.75, 3.05) is 40.1 Å². The minimum atomic E-state index is -0.381. The van der Waals surface area contributed by atoms with Crippen LogP contribution in [0.15, 0.2) is 24.3 Å². The van der Waals surface area contributed by atoms with Crippen LogP contribution >= 0.6 is 0 Å². The second-order valence-corrected chi connectivity index (χ2v) is 5.57. The van der Waals surface area contributed by atoms with Crippen molar-refractivity contribution >= 4 is 12.0 Å². The molecule has 1 saturated heterocycles. The Labute approximate surface area is 148 Å². The summed E-state index contributed by atoms with van der Waals surface area (Å²) in [4.78, 5) is 11.5. The molecule has 0 aliphatic carbocycles. The maximum Gasteiger partial charge on any atom is 0.330 e. The van der Waals surface area contributed by atoms with E-state index < -0.39 is 0 Å². The SMILES string of the molecule is CCOC(=O)C=Cc1ccc(OCCOC)cc1OCC1CCCO1. The Hall–Kier alpha value is -2.05. The molecule has 2 rings (SSSR count). The number of carbonyl (C=O) groups is 1. The number of carbonyl (C=O) groups excluding carboxylic acids is 1. The predicted molar refractivity (Wildman–Crippen MR) is 93.9 cm³/mol. The first-order valence-electron chi connectivity index (χ1n) is 8.58. The van der Waals surface area contributed by atoms with Gasteiger partial charge in [-0.1, -0.05) is 0 Å². The van der Waals surface area contributed by atoms with Gasteiger partial charge in [-0.15, -0.1) is 0 Å². The number of rotatable bonds is 10. The lowest BCUT2D eigenvalue weighted by molar-refractivity contribution is -0.137. The minimum Gasteiger partial charge on any atom is -0.491 e. The molecule has 1 atom stereocenters. The molecule has 1 aromatic carbocycles. The molecule has 0 N–H and O–H groups in total. The van der Waals surface area contributed by atoms with Crippen LogP contribution in [-0.2, 0) is 19.0 Å². The zero-order chi connectivity index (χ0) is 17.9. The third kappa shape index (κ3) is 6.76. The highest BCUT2D eigenvalue weighted by molar-refractivity contribution is 5.87. The van der Waals surface area contributed by atoms with Crippen LogP contribution < -0.4 is 9.47 Å². The zero-order valence-corrected chi connectivity index (χ0v) is 14.9. The van der Waals surface area contributed by atoms with Gasteiger partial charge in [0.1, 0.15) is 24.7 Å². The highest BCUT2D eigenvalue weighted by Gasteiger charge is 2.17. The van der Waals surface area contributed by atoms with Gasteiger partial charge in [-0.25, -0.2) is 4.79 Å². The van der Waals surface area contributed by atoms with Crippen molar-refractivity contribution in [3.8, 4) is 11.5 Å². The van der Waals surface area contributed by atoms with Crippen LogP contribution in [0.25, 0.3) is 6.08 Å². The largest absolute Gasteiger partial charge is 0.491 e. The van der Waals surface area contributed by atoms with E-state index in [9.17, 15) is 4.79 Å². The number of hydrogen-bond donors (Lipinski definition) is 0. The molecule has 138 valence electrons. The molecule has 0 amide bonds. The van der Waals surface area contributed by atoms with Gasteiger partial charge in [0, 0.05) is 31.4 Å². The molecular formula is C19H26O6. The monoisotopic (exact) mass is 350 g/mol. The number of esters is 1. The third-order valence-electron chi connectivity index (χ3n) is 3.68. The summed E-state index contributed by atoms with van der Waals surface area (Å²) in [5.74, 6) is 0.951. The number of benzene rings is 1. The van der Waals surface area contributed by atoms with Crippen LogP contribution in [0.5, 0.6) is 11.5 Å². The summed E-state index contributed by atoms with van der Waals surface area (Å²) < 4.78 is 27.0. The Morgan fingerprint density at radius 3 is 2.92 bits per heavy atom. The van der Waals surface area contributed by atoms with Crippen molar-refractivity contribution in [1.29, 1.82) is 0 Å². The minimum absolute atomic E-state index is 0.111. The number of methoxy groups -OCH3 is 1. The highest BCUT2D eigenvalue weighted by atomic mass is 16.5. The van der Waals surface area contributed by atoms with Gasteiger partial charge < -0.3 is 23.7 Å². The molecule has 0 saturated carbocycles. The molecule has 25 heavy (non-hydrogen) atoms. The van der Waals surface area contributed by atoms with E-state index in [0.29, 0.717) is 37.9 Å². The average molecular weight is 350 g/mol. The first-order chi connectivity index (χ1) is 12.2. The molecule has 1 heterocycles. The van der Waals surface area contributed by atoms with E-state index in [1.165, 1.54) is 6.08 Å². The molecule has 1 unspecified atom stereocenters. The Morgan fingerprint density at radius 2 is 2.20 bits per heavy atom. The van der Waals surface area contributed by atoms with E-state index in [1.807, 2.05) is 18.2 Å². The second-order valence-electron chi connectivity index (χ2n) is 5.57. The molecule has 0 radical (unpaired) electrons. The molecule has 0 aromatic heterocycles. The van der Waals surface area contributed by atoms with Crippen molar-refractivity contribution in [2.45, 2.75) is 25.9 Å². The van der Waals surface area contributed by atoms with Crippen molar-refractivity contribution < 1.29 is 28.5 Å². The fourth-order valence-corrected chi connectivity index (χ4v) is 2.42. The lowest BCUT2D eigenvalue weighted by atomic mass is 10.1. The molecule has 6 heteroatoms. The summed E-state index contributed by atoms with van der Waals surface area (Å²) in [6.07, 6.45) is 5.24. The maximum absolute atomic E-state index is 11.5. The van der Waals surface area contributed by atoms with E-state index in [0.717, 1.165) is 25.0 Å². The van der Waals surface area contributed by atoms with Crippen molar-refractivity contribution in [1.82, 2.24) is 0 Å². The molecule has 1 fully saturated rings. The van der Waals surface area contributed by atoms with Crippen LogP contribution in [0.2, 0.25) is 0 Å². The van der Waals surface area contributed by atoms with Crippen LogP contribution in [0.3, 0.4) is 0 Å². The van der Waals surface area contributed by atoms with Crippen molar-refractivity contribution in [2.24, 2.45) is 0 Å². The first kappa shape index (κ1) is 19.3. The number of hydrogen-bond acceptors (Lipinski definition) is 6. The molecule has 0 bridgehead atoms. The lowest BCUT2D eigenvalue weighted by Gasteiger charge is -2.15. The van der Waals surface area contributed by atoms with Gasteiger partial charge in [-0.3, -0.25) is 0 Å². The van der Waals surface area contributed by atoms with Gasteiger partial charge in [0.2, 0.25) is 0 Å². The van der Waals surface area contributed by atoms with Gasteiger partial charge in [-0.2, -0.15) is 0 Å². The fourth-order valence-electron chi connectivity index (χ4n) is 2.42. The standard InChI is InChI=1S/C19H26O6/c1-3-22-19(20)9-7-15-6-8-16(24-12-11-21-2)13-18(15)25-14-17-5-4-10-23-17/h6-9,13,17H,3-5,10-12,14H2,1-2H3. The molecule has 0 spiro atoms. The smallest absolute Gasteiger partial charge is 0.330 e. The van der Waals surface area contributed by atoms with Crippen LogP contribution in [0, 0.1) is 0 Å². The lowest BCUT2D eigenvalue weighted by Crippen LogP contribution is -2.16. The Balaban J connectivity index is 2.06. The van der Waals surface area contributed by atoms with E-state index in [4.69, 9.17) is 23.7 Å².